The SMILES string of the molecule is COC(=O)c1sccc1S(=O)(=O)NC1CCC12CCOCC2. The Morgan fingerprint density at radius 2 is 2.14 bits per heavy atom. The van der Waals surface area contributed by atoms with Crippen molar-refractivity contribution < 1.29 is 22.7 Å². The van der Waals surface area contributed by atoms with Crippen LogP contribution in [0.1, 0.15) is 35.4 Å². The van der Waals surface area contributed by atoms with Crippen molar-refractivity contribution in [2.45, 2.75) is 36.6 Å². The number of nitrogens with one attached hydrogen (secondary N) is 1. The Bertz CT molecular complexity index is 661. The minimum absolute atomic E-state index is 0.0125. The summed E-state index contributed by atoms with van der Waals surface area (Å²) in [5.74, 6) is -0.621. The first kappa shape index (κ1) is 15.9. The minimum Gasteiger partial charge on any atom is -0.465 e. The van der Waals surface area contributed by atoms with Crippen LogP contribution in [0, 0.1) is 5.41 Å². The zero-order valence-corrected chi connectivity index (χ0v) is 14.0. The second-order valence-electron chi connectivity index (χ2n) is 5.79. The summed E-state index contributed by atoms with van der Waals surface area (Å²) in [5, 5.41) is 1.59. The molecule has 1 atom stereocenters. The lowest BCUT2D eigenvalue weighted by Crippen LogP contribution is -2.57. The molecule has 0 radical (unpaired) electrons. The van der Waals surface area contributed by atoms with E-state index in [4.69, 9.17) is 4.74 Å². The second-order valence-corrected chi connectivity index (χ2v) is 8.39. The second kappa shape index (κ2) is 5.92. The molecule has 2 fully saturated rings. The van der Waals surface area contributed by atoms with Crippen molar-refractivity contribution in [3.8, 4) is 0 Å². The van der Waals surface area contributed by atoms with Crippen molar-refractivity contribution in [3.05, 3.63) is 16.3 Å². The van der Waals surface area contributed by atoms with Crippen LogP contribution in [0.2, 0.25) is 0 Å². The summed E-state index contributed by atoms with van der Waals surface area (Å²) in [6.45, 7) is 1.37. The lowest BCUT2D eigenvalue weighted by molar-refractivity contribution is -0.0483. The summed E-state index contributed by atoms with van der Waals surface area (Å²) in [5.41, 5.74) is 0.0206. The quantitative estimate of drug-likeness (QED) is 0.841. The molecule has 1 aliphatic carbocycles. The molecular formula is C14H19NO5S2. The Morgan fingerprint density at radius 1 is 1.41 bits per heavy atom. The highest BCUT2D eigenvalue weighted by molar-refractivity contribution is 7.89. The summed E-state index contributed by atoms with van der Waals surface area (Å²) in [6.07, 6.45) is 3.62. The molecule has 1 spiro atoms. The fraction of sp³-hybridized carbons (Fsp3) is 0.643. The number of carbonyl (C=O) groups is 1. The molecule has 1 saturated carbocycles. The van der Waals surface area contributed by atoms with Crippen LogP contribution in [0.5, 0.6) is 0 Å². The normalized spacial score (nSPS) is 24.0. The van der Waals surface area contributed by atoms with E-state index in [0.29, 0.717) is 13.2 Å². The topological polar surface area (TPSA) is 81.7 Å². The number of hydrogen-bond donors (Lipinski definition) is 1. The third kappa shape index (κ3) is 2.68. The molecule has 1 aliphatic heterocycles. The van der Waals surface area contributed by atoms with E-state index in [2.05, 4.69) is 9.46 Å². The molecule has 8 heteroatoms. The third-order valence-corrected chi connectivity index (χ3v) is 7.28. The van der Waals surface area contributed by atoms with Crippen LogP contribution in [0.15, 0.2) is 16.3 Å². The highest BCUT2D eigenvalue weighted by atomic mass is 32.2. The first-order chi connectivity index (χ1) is 10.5. The number of thiophene rings is 1. The molecule has 0 aromatic carbocycles. The van der Waals surface area contributed by atoms with Gasteiger partial charge in [0.05, 0.1) is 7.11 Å². The van der Waals surface area contributed by atoms with Crippen LogP contribution in [-0.2, 0) is 19.5 Å². The average Bonchev–Trinajstić information content (AvgIpc) is 3.02. The highest BCUT2D eigenvalue weighted by Crippen LogP contribution is 2.49. The van der Waals surface area contributed by atoms with Gasteiger partial charge in [-0.2, -0.15) is 0 Å². The molecule has 3 rings (SSSR count). The van der Waals surface area contributed by atoms with Crippen molar-refractivity contribution in [1.29, 1.82) is 0 Å². The van der Waals surface area contributed by atoms with Gasteiger partial charge in [-0.3, -0.25) is 0 Å². The summed E-state index contributed by atoms with van der Waals surface area (Å²) in [6, 6.07) is 1.38. The van der Waals surface area contributed by atoms with E-state index in [1.807, 2.05) is 0 Å². The molecule has 0 bridgehead atoms. The predicted octanol–water partition coefficient (Wildman–Crippen LogP) is 1.77. The summed E-state index contributed by atoms with van der Waals surface area (Å²) in [7, 11) is -2.47. The van der Waals surface area contributed by atoms with E-state index in [1.54, 1.807) is 5.38 Å². The number of esters is 1. The molecule has 0 amide bonds. The number of sulfonamides is 1. The van der Waals surface area contributed by atoms with Gasteiger partial charge in [0.15, 0.2) is 0 Å². The first-order valence-corrected chi connectivity index (χ1v) is 9.61. The van der Waals surface area contributed by atoms with Crippen LogP contribution >= 0.6 is 11.3 Å². The van der Waals surface area contributed by atoms with E-state index >= 15 is 0 Å². The van der Waals surface area contributed by atoms with Crippen molar-refractivity contribution in [2.24, 2.45) is 5.41 Å². The Morgan fingerprint density at radius 3 is 2.73 bits per heavy atom. The molecule has 122 valence electrons. The van der Waals surface area contributed by atoms with E-state index in [1.165, 1.54) is 13.2 Å². The van der Waals surface area contributed by atoms with E-state index < -0.39 is 16.0 Å². The van der Waals surface area contributed by atoms with E-state index in [0.717, 1.165) is 37.0 Å². The van der Waals surface area contributed by atoms with E-state index in [-0.39, 0.29) is 21.2 Å². The molecule has 6 nitrogen and oxygen atoms in total. The molecule has 1 aromatic rings. The van der Waals surface area contributed by atoms with E-state index in [9.17, 15) is 13.2 Å². The summed E-state index contributed by atoms with van der Waals surface area (Å²) >= 11 is 1.08. The maximum Gasteiger partial charge on any atom is 0.349 e. The molecule has 1 N–H and O–H groups in total. The number of hydrogen-bond acceptors (Lipinski definition) is 6. The largest absolute Gasteiger partial charge is 0.465 e. The molecule has 2 aliphatic rings. The van der Waals surface area contributed by atoms with Gasteiger partial charge in [0.1, 0.15) is 9.77 Å². The van der Waals surface area contributed by atoms with Crippen LogP contribution in [0.4, 0.5) is 0 Å². The Kier molecular flexibility index (Phi) is 4.28. The highest BCUT2D eigenvalue weighted by Gasteiger charge is 2.49. The van der Waals surface area contributed by atoms with Crippen molar-refractivity contribution in [1.82, 2.24) is 4.72 Å². The van der Waals surface area contributed by atoms with Crippen LogP contribution < -0.4 is 4.72 Å². The lowest BCUT2D eigenvalue weighted by atomic mass is 9.60. The fourth-order valence-corrected chi connectivity index (χ4v) is 5.97. The van der Waals surface area contributed by atoms with Gasteiger partial charge in [-0.05, 0) is 42.5 Å². The lowest BCUT2D eigenvalue weighted by Gasteiger charge is -2.51. The van der Waals surface area contributed by atoms with Gasteiger partial charge in [-0.15, -0.1) is 11.3 Å². The van der Waals surface area contributed by atoms with Gasteiger partial charge in [0.2, 0.25) is 10.0 Å². The zero-order valence-electron chi connectivity index (χ0n) is 12.3. The smallest absolute Gasteiger partial charge is 0.349 e. The Hall–Kier alpha value is -0.960. The van der Waals surface area contributed by atoms with Gasteiger partial charge in [-0.25, -0.2) is 17.9 Å². The predicted molar refractivity (Wildman–Crippen MR) is 81.5 cm³/mol. The maximum absolute atomic E-state index is 12.6. The average molecular weight is 345 g/mol. The molecule has 22 heavy (non-hydrogen) atoms. The standard InChI is InChI=1S/C14H19NO5S2/c1-19-13(16)12-10(3-9-21-12)22(17,18)15-11-2-4-14(11)5-7-20-8-6-14/h3,9,11,15H,2,4-8H2,1H3. The van der Waals surface area contributed by atoms with Crippen LogP contribution in [0.25, 0.3) is 0 Å². The van der Waals surface area contributed by atoms with Crippen LogP contribution in [0.3, 0.4) is 0 Å². The number of ether oxygens (including phenoxy) is 2. The monoisotopic (exact) mass is 345 g/mol. The van der Waals surface area contributed by atoms with Crippen LogP contribution in [-0.4, -0.2) is 40.8 Å². The molecule has 1 aromatic heterocycles. The van der Waals surface area contributed by atoms with Gasteiger partial charge in [0, 0.05) is 19.3 Å². The molecule has 2 heterocycles. The van der Waals surface area contributed by atoms with Gasteiger partial charge >= 0.3 is 5.97 Å². The number of rotatable bonds is 4. The Balaban J connectivity index is 1.80. The zero-order chi connectivity index (χ0) is 15.8. The third-order valence-electron chi connectivity index (χ3n) is 4.75. The van der Waals surface area contributed by atoms with Crippen molar-refractivity contribution in [3.63, 3.8) is 0 Å². The van der Waals surface area contributed by atoms with Gasteiger partial charge < -0.3 is 9.47 Å². The summed E-state index contributed by atoms with van der Waals surface area (Å²) < 4.78 is 38.1. The summed E-state index contributed by atoms with van der Waals surface area (Å²) in [4.78, 5) is 11.8. The fourth-order valence-electron chi connectivity index (χ4n) is 3.26. The number of methoxy groups -OCH3 is 1. The Labute approximate surface area is 133 Å². The molecule has 1 unspecified atom stereocenters. The maximum atomic E-state index is 12.6. The minimum atomic E-state index is -3.72. The first-order valence-electron chi connectivity index (χ1n) is 7.24. The van der Waals surface area contributed by atoms with Gasteiger partial charge in [-0.1, -0.05) is 0 Å². The van der Waals surface area contributed by atoms with Crippen molar-refractivity contribution in [2.75, 3.05) is 20.3 Å². The number of carbonyl (C=O) groups excluding carboxylic acids is 1. The van der Waals surface area contributed by atoms with Crippen molar-refractivity contribution >= 4 is 27.3 Å². The molecule has 1 saturated heterocycles. The molecular weight excluding hydrogens is 326 g/mol. The van der Waals surface area contributed by atoms with Gasteiger partial charge in [0.25, 0.3) is 0 Å².